The Morgan fingerprint density at radius 2 is 1.94 bits per heavy atom. The topological polar surface area (TPSA) is 24.9 Å². The third-order valence-electron chi connectivity index (χ3n) is 2.28. The van der Waals surface area contributed by atoms with E-state index in [0.717, 1.165) is 23.6 Å². The van der Waals surface area contributed by atoms with Crippen LogP contribution < -0.4 is 5.32 Å². The molecule has 16 heavy (non-hydrogen) atoms. The first-order chi connectivity index (χ1) is 7.75. The zero-order valence-corrected chi connectivity index (χ0v) is 11.2. The summed E-state index contributed by atoms with van der Waals surface area (Å²) in [6.45, 7) is 2.78. The van der Waals surface area contributed by atoms with Gasteiger partial charge in [-0.3, -0.25) is 4.98 Å². The van der Waals surface area contributed by atoms with Crippen molar-refractivity contribution in [2.75, 3.05) is 5.32 Å². The Kier molecular flexibility index (Phi) is 3.77. The third kappa shape index (κ3) is 2.95. The SMILES string of the molecule is Cc1cccc(CNc2ccccc2I)n1. The molecule has 82 valence electrons. The molecular weight excluding hydrogens is 311 g/mol. The minimum Gasteiger partial charge on any atom is -0.379 e. The fourth-order valence-electron chi connectivity index (χ4n) is 1.49. The van der Waals surface area contributed by atoms with Crippen molar-refractivity contribution < 1.29 is 0 Å². The molecule has 2 aromatic rings. The van der Waals surface area contributed by atoms with Crippen LogP contribution in [0.5, 0.6) is 0 Å². The molecule has 0 saturated heterocycles. The maximum Gasteiger partial charge on any atom is 0.0597 e. The van der Waals surface area contributed by atoms with Crippen molar-refractivity contribution in [2.45, 2.75) is 13.5 Å². The van der Waals surface area contributed by atoms with Crippen LogP contribution in [0.4, 0.5) is 5.69 Å². The first kappa shape index (κ1) is 11.4. The Morgan fingerprint density at radius 1 is 1.12 bits per heavy atom. The lowest BCUT2D eigenvalue weighted by Gasteiger charge is -2.08. The van der Waals surface area contributed by atoms with Gasteiger partial charge in [-0.05, 0) is 53.8 Å². The van der Waals surface area contributed by atoms with Gasteiger partial charge >= 0.3 is 0 Å². The van der Waals surface area contributed by atoms with Gasteiger partial charge in [0, 0.05) is 15.0 Å². The summed E-state index contributed by atoms with van der Waals surface area (Å²) in [4.78, 5) is 4.45. The van der Waals surface area contributed by atoms with Gasteiger partial charge in [0.2, 0.25) is 0 Å². The van der Waals surface area contributed by atoms with Crippen LogP contribution in [-0.2, 0) is 6.54 Å². The Balaban J connectivity index is 2.05. The van der Waals surface area contributed by atoms with Crippen LogP contribution in [0.15, 0.2) is 42.5 Å². The van der Waals surface area contributed by atoms with Gasteiger partial charge in [0.15, 0.2) is 0 Å². The van der Waals surface area contributed by atoms with Crippen LogP contribution in [0.2, 0.25) is 0 Å². The molecule has 0 bridgehead atoms. The van der Waals surface area contributed by atoms with Crippen molar-refractivity contribution in [3.63, 3.8) is 0 Å². The molecule has 2 nitrogen and oxygen atoms in total. The van der Waals surface area contributed by atoms with Crippen LogP contribution in [-0.4, -0.2) is 4.98 Å². The average molecular weight is 324 g/mol. The predicted octanol–water partition coefficient (Wildman–Crippen LogP) is 3.61. The number of pyridine rings is 1. The average Bonchev–Trinajstić information content (AvgIpc) is 2.28. The van der Waals surface area contributed by atoms with E-state index in [4.69, 9.17) is 0 Å². The molecule has 1 N–H and O–H groups in total. The molecule has 1 heterocycles. The first-order valence-electron chi connectivity index (χ1n) is 5.16. The zero-order chi connectivity index (χ0) is 11.4. The number of halogens is 1. The summed E-state index contributed by atoms with van der Waals surface area (Å²) < 4.78 is 1.23. The van der Waals surface area contributed by atoms with Gasteiger partial charge in [0.05, 0.1) is 12.2 Å². The molecular formula is C13H13IN2. The van der Waals surface area contributed by atoms with E-state index in [1.807, 2.05) is 37.3 Å². The van der Waals surface area contributed by atoms with Crippen molar-refractivity contribution in [3.8, 4) is 0 Å². The molecule has 0 amide bonds. The molecule has 2 rings (SSSR count). The van der Waals surface area contributed by atoms with Gasteiger partial charge in [-0.25, -0.2) is 0 Å². The van der Waals surface area contributed by atoms with E-state index in [9.17, 15) is 0 Å². The second-order valence-corrected chi connectivity index (χ2v) is 4.77. The van der Waals surface area contributed by atoms with Crippen molar-refractivity contribution in [3.05, 3.63) is 57.4 Å². The van der Waals surface area contributed by atoms with Crippen molar-refractivity contribution in [2.24, 2.45) is 0 Å². The summed E-state index contributed by atoms with van der Waals surface area (Å²) in [7, 11) is 0. The highest BCUT2D eigenvalue weighted by atomic mass is 127. The summed E-state index contributed by atoms with van der Waals surface area (Å²) >= 11 is 2.33. The summed E-state index contributed by atoms with van der Waals surface area (Å²) in [5, 5.41) is 3.39. The molecule has 3 heteroatoms. The smallest absolute Gasteiger partial charge is 0.0597 e. The Hall–Kier alpha value is -1.10. The van der Waals surface area contributed by atoms with Gasteiger partial charge in [-0.2, -0.15) is 0 Å². The van der Waals surface area contributed by atoms with Crippen LogP contribution in [0.25, 0.3) is 0 Å². The molecule has 0 aliphatic heterocycles. The molecule has 0 aliphatic rings. The number of nitrogens with one attached hydrogen (secondary N) is 1. The van der Waals surface area contributed by atoms with E-state index in [2.05, 4.69) is 45.0 Å². The highest BCUT2D eigenvalue weighted by molar-refractivity contribution is 14.1. The number of aryl methyl sites for hydroxylation is 1. The number of rotatable bonds is 3. The first-order valence-corrected chi connectivity index (χ1v) is 6.24. The molecule has 0 saturated carbocycles. The molecule has 0 radical (unpaired) electrons. The number of hydrogen-bond acceptors (Lipinski definition) is 2. The molecule has 1 aromatic carbocycles. The number of para-hydroxylation sites is 1. The normalized spacial score (nSPS) is 10.1. The van der Waals surface area contributed by atoms with E-state index >= 15 is 0 Å². The maximum atomic E-state index is 4.45. The van der Waals surface area contributed by atoms with Crippen LogP contribution in [0, 0.1) is 10.5 Å². The number of nitrogens with zero attached hydrogens (tertiary/aromatic N) is 1. The monoisotopic (exact) mass is 324 g/mol. The van der Waals surface area contributed by atoms with E-state index in [1.54, 1.807) is 0 Å². The van der Waals surface area contributed by atoms with E-state index < -0.39 is 0 Å². The lowest BCUT2D eigenvalue weighted by Crippen LogP contribution is -2.03. The Bertz CT molecular complexity index is 483. The van der Waals surface area contributed by atoms with Gasteiger partial charge < -0.3 is 5.32 Å². The lowest BCUT2D eigenvalue weighted by atomic mass is 10.3. The number of hydrogen-bond donors (Lipinski definition) is 1. The third-order valence-corrected chi connectivity index (χ3v) is 3.22. The summed E-state index contributed by atoms with van der Waals surface area (Å²) in [6, 6.07) is 14.3. The standard InChI is InChI=1S/C13H13IN2/c1-10-5-4-6-11(16-10)9-15-13-8-3-2-7-12(13)14/h2-8,15H,9H2,1H3. The van der Waals surface area contributed by atoms with Crippen molar-refractivity contribution in [1.29, 1.82) is 0 Å². The highest BCUT2D eigenvalue weighted by Gasteiger charge is 1.98. The van der Waals surface area contributed by atoms with Crippen molar-refractivity contribution in [1.82, 2.24) is 4.98 Å². The second-order valence-electron chi connectivity index (χ2n) is 3.60. The van der Waals surface area contributed by atoms with Crippen LogP contribution >= 0.6 is 22.6 Å². The largest absolute Gasteiger partial charge is 0.379 e. The summed E-state index contributed by atoms with van der Waals surface area (Å²) in [6.07, 6.45) is 0. The van der Waals surface area contributed by atoms with Gasteiger partial charge in [0.1, 0.15) is 0 Å². The van der Waals surface area contributed by atoms with E-state index in [1.165, 1.54) is 3.57 Å². The summed E-state index contributed by atoms with van der Waals surface area (Å²) in [5.74, 6) is 0. The fourth-order valence-corrected chi connectivity index (χ4v) is 2.07. The number of anilines is 1. The Morgan fingerprint density at radius 3 is 2.69 bits per heavy atom. The second kappa shape index (κ2) is 5.30. The lowest BCUT2D eigenvalue weighted by molar-refractivity contribution is 1.01. The molecule has 0 unspecified atom stereocenters. The van der Waals surface area contributed by atoms with E-state index in [-0.39, 0.29) is 0 Å². The molecule has 0 atom stereocenters. The molecule has 0 aliphatic carbocycles. The van der Waals surface area contributed by atoms with Crippen molar-refractivity contribution >= 4 is 28.3 Å². The zero-order valence-electron chi connectivity index (χ0n) is 9.07. The Labute approximate surface area is 109 Å². The summed E-state index contributed by atoms with van der Waals surface area (Å²) in [5.41, 5.74) is 3.29. The highest BCUT2D eigenvalue weighted by Crippen LogP contribution is 2.17. The maximum absolute atomic E-state index is 4.45. The van der Waals surface area contributed by atoms with E-state index in [0.29, 0.717) is 0 Å². The van der Waals surface area contributed by atoms with Crippen LogP contribution in [0.3, 0.4) is 0 Å². The van der Waals surface area contributed by atoms with Gasteiger partial charge in [-0.1, -0.05) is 18.2 Å². The number of aromatic nitrogens is 1. The predicted molar refractivity (Wildman–Crippen MR) is 75.5 cm³/mol. The number of benzene rings is 1. The molecule has 0 fully saturated rings. The molecule has 1 aromatic heterocycles. The minimum atomic E-state index is 0.766. The van der Waals surface area contributed by atoms with Gasteiger partial charge in [0.25, 0.3) is 0 Å². The molecule has 0 spiro atoms. The van der Waals surface area contributed by atoms with Crippen LogP contribution in [0.1, 0.15) is 11.4 Å². The minimum absolute atomic E-state index is 0.766. The fraction of sp³-hybridized carbons (Fsp3) is 0.154. The van der Waals surface area contributed by atoms with Gasteiger partial charge in [-0.15, -0.1) is 0 Å². The quantitative estimate of drug-likeness (QED) is 0.873.